The summed E-state index contributed by atoms with van der Waals surface area (Å²) in [5, 5.41) is 8.58. The van der Waals surface area contributed by atoms with Crippen LogP contribution in [0.4, 0.5) is 5.82 Å². The summed E-state index contributed by atoms with van der Waals surface area (Å²) >= 11 is 18.5. The molecule has 1 N–H and O–H groups in total. The number of benzene rings is 3. The first-order chi connectivity index (χ1) is 16.3. The summed E-state index contributed by atoms with van der Waals surface area (Å²) < 4.78 is 7.55. The molecule has 0 aliphatic carbocycles. The minimum absolute atomic E-state index is 0.272. The first-order valence-electron chi connectivity index (χ1n) is 10.6. The van der Waals surface area contributed by atoms with Crippen molar-refractivity contribution in [3.8, 4) is 5.75 Å². The van der Waals surface area contributed by atoms with E-state index < -0.39 is 0 Å². The second-order valence-electron chi connectivity index (χ2n) is 7.97. The van der Waals surface area contributed by atoms with Crippen molar-refractivity contribution in [1.29, 1.82) is 0 Å². The van der Waals surface area contributed by atoms with Crippen molar-refractivity contribution in [2.24, 2.45) is 0 Å². The minimum atomic E-state index is -0.315. The maximum absolute atomic E-state index is 12.8. The molecule has 8 heteroatoms. The van der Waals surface area contributed by atoms with Gasteiger partial charge in [-0.15, -0.1) is 0 Å². The lowest BCUT2D eigenvalue weighted by Gasteiger charge is -2.11. The Morgan fingerprint density at radius 3 is 2.59 bits per heavy atom. The minimum Gasteiger partial charge on any atom is -0.489 e. The molecule has 1 aromatic heterocycles. The quantitative estimate of drug-likeness (QED) is 0.281. The van der Waals surface area contributed by atoms with E-state index in [4.69, 9.17) is 39.5 Å². The van der Waals surface area contributed by atoms with E-state index in [2.05, 4.69) is 16.5 Å². The number of carbonyl (C=O) groups excluding carboxylic acids is 1. The van der Waals surface area contributed by atoms with Gasteiger partial charge in [-0.25, -0.2) is 0 Å². The lowest BCUT2D eigenvalue weighted by atomic mass is 10.1. The maximum atomic E-state index is 12.8. The van der Waals surface area contributed by atoms with Gasteiger partial charge in [0.25, 0.3) is 5.91 Å². The second kappa shape index (κ2) is 10.5. The van der Waals surface area contributed by atoms with Gasteiger partial charge in [-0.2, -0.15) is 5.10 Å². The molecule has 4 aromatic rings. The number of aromatic nitrogens is 2. The Balaban J connectivity index is 1.42. The molecule has 0 unspecified atom stereocenters. The Bertz CT molecular complexity index is 1350. The molecular formula is C26H22Cl3N3O2. The number of ether oxygens (including phenoxy) is 1. The van der Waals surface area contributed by atoms with Gasteiger partial charge in [0.05, 0.1) is 6.54 Å². The number of anilines is 1. The predicted molar refractivity (Wildman–Crippen MR) is 137 cm³/mol. The summed E-state index contributed by atoms with van der Waals surface area (Å²) in [7, 11) is 0. The number of hydrogen-bond acceptors (Lipinski definition) is 3. The molecule has 34 heavy (non-hydrogen) atoms. The molecule has 0 aliphatic rings. The molecule has 0 aliphatic heterocycles. The Hall–Kier alpha value is -2.99. The number of hydrogen-bond donors (Lipinski definition) is 1. The fraction of sp³-hybridized carbons (Fsp3) is 0.154. The van der Waals surface area contributed by atoms with Gasteiger partial charge in [0.2, 0.25) is 0 Å². The molecule has 4 rings (SSSR count). The molecular weight excluding hydrogens is 493 g/mol. The van der Waals surface area contributed by atoms with E-state index in [9.17, 15) is 4.79 Å². The molecule has 5 nitrogen and oxygen atoms in total. The van der Waals surface area contributed by atoms with Gasteiger partial charge in [-0.3, -0.25) is 9.48 Å². The largest absolute Gasteiger partial charge is 0.489 e. The molecule has 1 amide bonds. The average molecular weight is 515 g/mol. The smallest absolute Gasteiger partial charge is 0.256 e. The molecule has 0 atom stereocenters. The summed E-state index contributed by atoms with van der Waals surface area (Å²) in [4.78, 5) is 12.8. The Labute approximate surface area is 213 Å². The van der Waals surface area contributed by atoms with Crippen LogP contribution in [0.2, 0.25) is 15.1 Å². The molecule has 0 radical (unpaired) electrons. The number of nitrogens with one attached hydrogen (secondary N) is 1. The van der Waals surface area contributed by atoms with Gasteiger partial charge >= 0.3 is 0 Å². The highest BCUT2D eigenvalue weighted by Crippen LogP contribution is 2.25. The molecule has 0 saturated carbocycles. The van der Waals surface area contributed by atoms with Gasteiger partial charge in [0.15, 0.2) is 5.82 Å². The lowest BCUT2D eigenvalue weighted by molar-refractivity contribution is 0.102. The van der Waals surface area contributed by atoms with Crippen molar-refractivity contribution in [1.82, 2.24) is 9.78 Å². The van der Waals surface area contributed by atoms with Crippen LogP contribution >= 0.6 is 34.8 Å². The van der Waals surface area contributed by atoms with Gasteiger partial charge in [-0.05, 0) is 60.9 Å². The van der Waals surface area contributed by atoms with Gasteiger partial charge in [0.1, 0.15) is 17.4 Å². The highest BCUT2D eigenvalue weighted by molar-refractivity contribution is 6.35. The van der Waals surface area contributed by atoms with Crippen LogP contribution in [0.1, 0.15) is 32.6 Å². The van der Waals surface area contributed by atoms with Crippen LogP contribution in [0.15, 0.2) is 66.9 Å². The molecule has 174 valence electrons. The highest BCUT2D eigenvalue weighted by atomic mass is 35.5. The number of amides is 1. The SMILES string of the molecule is Cc1ccc(OCc2cccc(C(=O)Nc3nn(Cc4ccc(Cl)cc4Cl)cc3Cl)c2)c(C)c1. The van der Waals surface area contributed by atoms with Gasteiger partial charge in [-0.1, -0.05) is 70.7 Å². The topological polar surface area (TPSA) is 56.1 Å². The number of carbonyl (C=O) groups is 1. The van der Waals surface area contributed by atoms with Crippen LogP contribution in [-0.4, -0.2) is 15.7 Å². The summed E-state index contributed by atoms with van der Waals surface area (Å²) in [6.45, 7) is 4.79. The van der Waals surface area contributed by atoms with E-state index in [1.165, 1.54) is 5.56 Å². The zero-order valence-corrected chi connectivity index (χ0v) is 20.9. The number of nitrogens with zero attached hydrogens (tertiary/aromatic N) is 2. The third kappa shape index (κ3) is 5.92. The summed E-state index contributed by atoms with van der Waals surface area (Å²) in [5.41, 5.74) is 4.44. The number of rotatable bonds is 7. The van der Waals surface area contributed by atoms with E-state index in [1.807, 2.05) is 44.2 Å². The highest BCUT2D eigenvalue weighted by Gasteiger charge is 2.14. The van der Waals surface area contributed by atoms with Crippen molar-refractivity contribution in [3.63, 3.8) is 0 Å². The fourth-order valence-electron chi connectivity index (χ4n) is 3.49. The zero-order chi connectivity index (χ0) is 24.2. The number of aryl methyl sites for hydroxylation is 2. The van der Waals surface area contributed by atoms with E-state index in [0.29, 0.717) is 33.8 Å². The molecule has 1 heterocycles. The van der Waals surface area contributed by atoms with Crippen LogP contribution in [0, 0.1) is 13.8 Å². The van der Waals surface area contributed by atoms with Crippen molar-refractivity contribution >= 4 is 46.5 Å². The summed E-state index contributed by atoms with van der Waals surface area (Å²) in [5.74, 6) is 0.775. The normalized spacial score (nSPS) is 10.9. The molecule has 0 spiro atoms. The fourth-order valence-corrected chi connectivity index (χ4v) is 4.16. The lowest BCUT2D eigenvalue weighted by Crippen LogP contribution is -2.13. The first kappa shape index (κ1) is 24.1. The van der Waals surface area contributed by atoms with Crippen LogP contribution in [0.25, 0.3) is 0 Å². The molecule has 3 aromatic carbocycles. The molecule has 0 saturated heterocycles. The van der Waals surface area contributed by atoms with Gasteiger partial charge in [0, 0.05) is 21.8 Å². The average Bonchev–Trinajstić information content (AvgIpc) is 3.14. The van der Waals surface area contributed by atoms with Crippen molar-refractivity contribution in [2.45, 2.75) is 27.0 Å². The van der Waals surface area contributed by atoms with Crippen LogP contribution in [0.5, 0.6) is 5.75 Å². The predicted octanol–water partition coefficient (Wildman–Crippen LogP) is 7.34. The third-order valence-corrected chi connectivity index (χ3v) is 6.07. The van der Waals surface area contributed by atoms with Crippen molar-refractivity contribution in [3.05, 3.63) is 110 Å². The van der Waals surface area contributed by atoms with Crippen LogP contribution in [0.3, 0.4) is 0 Å². The molecule has 0 fully saturated rings. The number of halogens is 3. The van der Waals surface area contributed by atoms with Crippen molar-refractivity contribution < 1.29 is 9.53 Å². The standard InChI is InChI=1S/C26H22Cl3N3O2/c1-16-6-9-24(17(2)10-16)34-15-18-4-3-5-19(11-18)26(33)30-25-23(29)14-32(31-25)13-20-7-8-21(27)12-22(20)28/h3-12,14H,13,15H2,1-2H3,(H,30,31,33). The van der Waals surface area contributed by atoms with Gasteiger partial charge < -0.3 is 10.1 Å². The Morgan fingerprint density at radius 2 is 1.82 bits per heavy atom. The summed E-state index contributed by atoms with van der Waals surface area (Å²) in [6.07, 6.45) is 1.64. The second-order valence-corrected chi connectivity index (χ2v) is 9.22. The van der Waals surface area contributed by atoms with E-state index in [0.717, 1.165) is 22.4 Å². The first-order valence-corrected chi connectivity index (χ1v) is 11.7. The third-order valence-electron chi connectivity index (χ3n) is 5.21. The Morgan fingerprint density at radius 1 is 1.00 bits per heavy atom. The van der Waals surface area contributed by atoms with E-state index in [-0.39, 0.29) is 11.7 Å². The summed E-state index contributed by atoms with van der Waals surface area (Å²) in [6, 6.07) is 18.5. The van der Waals surface area contributed by atoms with Crippen LogP contribution < -0.4 is 10.1 Å². The maximum Gasteiger partial charge on any atom is 0.256 e. The Kier molecular flexibility index (Phi) is 7.47. The van der Waals surface area contributed by atoms with Crippen molar-refractivity contribution in [2.75, 3.05) is 5.32 Å². The van der Waals surface area contributed by atoms with E-state index in [1.54, 1.807) is 35.1 Å². The van der Waals surface area contributed by atoms with E-state index >= 15 is 0 Å². The zero-order valence-electron chi connectivity index (χ0n) is 18.6. The monoisotopic (exact) mass is 513 g/mol. The molecule has 0 bridgehead atoms. The van der Waals surface area contributed by atoms with Crippen LogP contribution in [-0.2, 0) is 13.2 Å².